The molecule has 3 rings (SSSR count). The number of hydrogen-bond acceptors (Lipinski definition) is 4. The number of rotatable bonds is 3. The van der Waals surface area contributed by atoms with E-state index >= 15 is 0 Å². The van der Waals surface area contributed by atoms with Gasteiger partial charge in [-0.1, -0.05) is 25.6 Å². The molecule has 0 aromatic rings. The van der Waals surface area contributed by atoms with Gasteiger partial charge in [-0.2, -0.15) is 0 Å². The van der Waals surface area contributed by atoms with Crippen LogP contribution in [-0.2, 0) is 4.74 Å². The molecule has 3 atom stereocenters. The molecule has 3 aliphatic rings. The van der Waals surface area contributed by atoms with Gasteiger partial charge < -0.3 is 10.1 Å². The lowest BCUT2D eigenvalue weighted by molar-refractivity contribution is 0.0844. The average Bonchev–Trinajstić information content (AvgIpc) is 2.86. The predicted molar refractivity (Wildman–Crippen MR) is 72.5 cm³/mol. The summed E-state index contributed by atoms with van der Waals surface area (Å²) in [6, 6.07) is 1.02. The number of ether oxygens (including phenoxy) is 1. The second kappa shape index (κ2) is 4.81. The topological polar surface area (TPSA) is 33.6 Å². The zero-order chi connectivity index (χ0) is 11.8. The number of aliphatic imine (C=N–C) groups is 1. The maximum absolute atomic E-state index is 5.85. The fourth-order valence-corrected chi connectivity index (χ4v) is 3.86. The van der Waals surface area contributed by atoms with E-state index in [1.165, 1.54) is 12.8 Å². The van der Waals surface area contributed by atoms with Crippen molar-refractivity contribution in [1.82, 2.24) is 5.32 Å². The van der Waals surface area contributed by atoms with Gasteiger partial charge in [0.1, 0.15) is 0 Å². The lowest BCUT2D eigenvalue weighted by atomic mass is 10.1. The van der Waals surface area contributed by atoms with Crippen molar-refractivity contribution in [2.24, 2.45) is 16.8 Å². The molecule has 3 unspecified atom stereocenters. The molecule has 1 N–H and O–H groups in total. The number of thioether (sulfide) groups is 1. The van der Waals surface area contributed by atoms with Crippen molar-refractivity contribution < 1.29 is 4.74 Å². The minimum atomic E-state index is 0.455. The second-order valence-electron chi connectivity index (χ2n) is 5.77. The van der Waals surface area contributed by atoms with E-state index in [4.69, 9.17) is 9.73 Å². The van der Waals surface area contributed by atoms with Crippen LogP contribution >= 0.6 is 11.8 Å². The predicted octanol–water partition coefficient (Wildman–Crippen LogP) is 2.27. The van der Waals surface area contributed by atoms with E-state index in [1.807, 2.05) is 11.8 Å². The summed E-state index contributed by atoms with van der Waals surface area (Å²) in [6.07, 6.45) is 4.32. The lowest BCUT2D eigenvalue weighted by Gasteiger charge is -2.19. The van der Waals surface area contributed by atoms with Crippen LogP contribution in [-0.4, -0.2) is 35.7 Å². The van der Waals surface area contributed by atoms with Crippen molar-refractivity contribution in [3.8, 4) is 0 Å². The summed E-state index contributed by atoms with van der Waals surface area (Å²) in [5.74, 6) is 2.62. The number of nitrogens with one attached hydrogen (secondary N) is 1. The van der Waals surface area contributed by atoms with Gasteiger partial charge in [-0.25, -0.2) is 0 Å². The van der Waals surface area contributed by atoms with Crippen molar-refractivity contribution in [1.29, 1.82) is 0 Å². The molecule has 1 saturated heterocycles. The summed E-state index contributed by atoms with van der Waals surface area (Å²) >= 11 is 1.88. The second-order valence-corrected chi connectivity index (χ2v) is 6.78. The fourth-order valence-electron chi connectivity index (χ4n) is 2.62. The Labute approximate surface area is 108 Å². The summed E-state index contributed by atoms with van der Waals surface area (Å²) < 4.78 is 5.85. The number of amidine groups is 1. The first-order chi connectivity index (χ1) is 8.24. The molecular weight excluding hydrogens is 232 g/mol. The molecule has 1 aliphatic carbocycles. The third-order valence-corrected chi connectivity index (χ3v) is 4.98. The Morgan fingerprint density at radius 2 is 2.18 bits per heavy atom. The van der Waals surface area contributed by atoms with Crippen LogP contribution in [0.2, 0.25) is 0 Å². The van der Waals surface area contributed by atoms with Gasteiger partial charge in [-0.15, -0.1) is 0 Å². The van der Waals surface area contributed by atoms with Crippen molar-refractivity contribution >= 4 is 16.9 Å². The Kier molecular flexibility index (Phi) is 3.35. The van der Waals surface area contributed by atoms with E-state index in [0.29, 0.717) is 24.1 Å². The molecule has 4 heteroatoms. The molecule has 3 nitrogen and oxygen atoms in total. The SMILES string of the molecule is CC(C)C1CSC(NC2CCOC2C2CC2)=N1. The molecule has 0 radical (unpaired) electrons. The highest BCUT2D eigenvalue weighted by atomic mass is 32.2. The zero-order valence-corrected chi connectivity index (χ0v) is 11.5. The van der Waals surface area contributed by atoms with Crippen molar-refractivity contribution in [3.63, 3.8) is 0 Å². The molecule has 0 amide bonds. The molecule has 17 heavy (non-hydrogen) atoms. The van der Waals surface area contributed by atoms with E-state index in [2.05, 4.69) is 19.2 Å². The van der Waals surface area contributed by atoms with Gasteiger partial charge in [-0.05, 0) is 31.1 Å². The highest BCUT2D eigenvalue weighted by Crippen LogP contribution is 2.39. The first kappa shape index (κ1) is 11.8. The van der Waals surface area contributed by atoms with Crippen LogP contribution in [0.4, 0.5) is 0 Å². The maximum Gasteiger partial charge on any atom is 0.157 e. The molecular formula is C13H22N2OS. The molecule has 0 aromatic carbocycles. The van der Waals surface area contributed by atoms with Crippen LogP contribution in [0.15, 0.2) is 4.99 Å². The molecule has 96 valence electrons. The Morgan fingerprint density at radius 3 is 2.82 bits per heavy atom. The number of hydrogen-bond donors (Lipinski definition) is 1. The summed E-state index contributed by atoms with van der Waals surface area (Å²) in [7, 11) is 0. The Balaban J connectivity index is 1.57. The third-order valence-electron chi connectivity index (χ3n) is 3.97. The van der Waals surface area contributed by atoms with E-state index in [1.54, 1.807) is 0 Å². The van der Waals surface area contributed by atoms with Crippen LogP contribution in [0.25, 0.3) is 0 Å². The smallest absolute Gasteiger partial charge is 0.157 e. The Bertz CT molecular complexity index is 315. The van der Waals surface area contributed by atoms with Gasteiger partial charge >= 0.3 is 0 Å². The van der Waals surface area contributed by atoms with Gasteiger partial charge in [0.15, 0.2) is 5.17 Å². The molecule has 2 fully saturated rings. The molecule has 1 saturated carbocycles. The standard InChI is InChI=1S/C13H22N2OS/c1-8(2)11-7-17-13(15-11)14-10-5-6-16-12(10)9-3-4-9/h8-12H,3-7H2,1-2H3,(H,14,15). The minimum Gasteiger partial charge on any atom is -0.376 e. The maximum atomic E-state index is 5.85. The van der Waals surface area contributed by atoms with Gasteiger partial charge in [0.2, 0.25) is 0 Å². The summed E-state index contributed by atoms with van der Waals surface area (Å²) in [6.45, 7) is 5.43. The van der Waals surface area contributed by atoms with Crippen molar-refractivity contribution in [2.75, 3.05) is 12.4 Å². The quantitative estimate of drug-likeness (QED) is 0.839. The van der Waals surface area contributed by atoms with Crippen molar-refractivity contribution in [3.05, 3.63) is 0 Å². The number of nitrogens with zero attached hydrogens (tertiary/aromatic N) is 1. The fraction of sp³-hybridized carbons (Fsp3) is 0.923. The van der Waals surface area contributed by atoms with E-state index in [9.17, 15) is 0 Å². The monoisotopic (exact) mass is 254 g/mol. The van der Waals surface area contributed by atoms with Gasteiger partial charge in [0.25, 0.3) is 0 Å². The average molecular weight is 254 g/mol. The minimum absolute atomic E-state index is 0.455. The van der Waals surface area contributed by atoms with Crippen molar-refractivity contribution in [2.45, 2.75) is 51.3 Å². The van der Waals surface area contributed by atoms with Crippen LogP contribution in [0, 0.1) is 11.8 Å². The van der Waals surface area contributed by atoms with E-state index < -0.39 is 0 Å². The molecule has 0 spiro atoms. The lowest BCUT2D eigenvalue weighted by Crippen LogP contribution is -2.39. The molecule has 2 heterocycles. The van der Waals surface area contributed by atoms with Crippen LogP contribution < -0.4 is 5.32 Å². The zero-order valence-electron chi connectivity index (χ0n) is 10.7. The summed E-state index contributed by atoms with van der Waals surface area (Å²) in [5.41, 5.74) is 0. The van der Waals surface area contributed by atoms with Crippen LogP contribution in [0.5, 0.6) is 0 Å². The Morgan fingerprint density at radius 1 is 1.35 bits per heavy atom. The summed E-state index contributed by atoms with van der Waals surface area (Å²) in [5, 5.41) is 4.78. The molecule has 0 bridgehead atoms. The Hall–Kier alpha value is -0.220. The first-order valence-corrected chi connectivity index (χ1v) is 7.81. The normalized spacial score (nSPS) is 37.6. The van der Waals surface area contributed by atoms with Gasteiger partial charge in [0.05, 0.1) is 18.2 Å². The highest BCUT2D eigenvalue weighted by Gasteiger charge is 2.41. The van der Waals surface area contributed by atoms with E-state index in [0.717, 1.165) is 29.9 Å². The van der Waals surface area contributed by atoms with Gasteiger partial charge in [0, 0.05) is 12.4 Å². The van der Waals surface area contributed by atoms with Crippen LogP contribution in [0.3, 0.4) is 0 Å². The largest absolute Gasteiger partial charge is 0.376 e. The molecule has 2 aliphatic heterocycles. The summed E-state index contributed by atoms with van der Waals surface area (Å²) in [4.78, 5) is 4.78. The van der Waals surface area contributed by atoms with E-state index in [-0.39, 0.29) is 0 Å². The molecule has 0 aromatic heterocycles. The van der Waals surface area contributed by atoms with Gasteiger partial charge in [-0.3, -0.25) is 4.99 Å². The first-order valence-electron chi connectivity index (χ1n) is 6.83. The van der Waals surface area contributed by atoms with Crippen LogP contribution in [0.1, 0.15) is 33.1 Å². The highest BCUT2D eigenvalue weighted by molar-refractivity contribution is 8.14. The third kappa shape index (κ3) is 2.63.